The van der Waals surface area contributed by atoms with E-state index in [2.05, 4.69) is 18.4 Å². The molecule has 0 aliphatic carbocycles. The van der Waals surface area contributed by atoms with Gasteiger partial charge in [-0.15, -0.1) is 0 Å². The molecule has 7 N–H and O–H groups in total. The highest BCUT2D eigenvalue weighted by molar-refractivity contribution is 7.99. The zero-order chi connectivity index (χ0) is 30.5. The first-order chi connectivity index (χ1) is 20.1. The number of quaternary nitrogens is 1. The van der Waals surface area contributed by atoms with Gasteiger partial charge in [0.25, 0.3) is 0 Å². The summed E-state index contributed by atoms with van der Waals surface area (Å²) in [4.78, 5) is 23.6. The number of hydrogen-bond acceptors (Lipinski definition) is 9. The number of rotatable bonds is 31. The van der Waals surface area contributed by atoms with Crippen molar-refractivity contribution in [2.45, 2.75) is 122 Å². The Morgan fingerprint density at radius 3 is 1.17 bits per heavy atom. The Labute approximate surface area is 279 Å². The molecule has 0 aromatic carbocycles. The fraction of sp³-hybridized carbons (Fsp3) is 0.935. The van der Waals surface area contributed by atoms with Crippen molar-refractivity contribution in [2.24, 2.45) is 11.5 Å². The minimum absolute atomic E-state index is 0. The van der Waals surface area contributed by atoms with E-state index in [-0.39, 0.29) is 24.3 Å². The lowest BCUT2D eigenvalue weighted by Gasteiger charge is -2.07. The standard InChI is InChI=1S/C29H58N2O4S2.C2H7NS.ClH/c30-20-26-36-24-15-11-7-3-1-5-9-13-18-28(32)34-22-17-23-35-29(33)19-14-10-6-2-4-8-12-16-25-37-27-21-31;3-1-2-4;/h1-27,30-31H2;4H,1-3H2;1H. The van der Waals surface area contributed by atoms with Crippen LogP contribution in [0.4, 0.5) is 0 Å². The van der Waals surface area contributed by atoms with Gasteiger partial charge in [-0.2, -0.15) is 36.2 Å². The van der Waals surface area contributed by atoms with Crippen LogP contribution in [0.3, 0.4) is 0 Å². The van der Waals surface area contributed by atoms with Crippen molar-refractivity contribution in [3.05, 3.63) is 0 Å². The molecule has 254 valence electrons. The van der Waals surface area contributed by atoms with Gasteiger partial charge in [0.1, 0.15) is 0 Å². The highest BCUT2D eigenvalue weighted by Gasteiger charge is 2.05. The molecule has 0 rings (SSSR count). The van der Waals surface area contributed by atoms with Gasteiger partial charge in [0.15, 0.2) is 0 Å². The van der Waals surface area contributed by atoms with Crippen LogP contribution in [-0.4, -0.2) is 73.6 Å². The SMILES string of the molecule is NCCSCCCCCCCCCCC(=O)OCCCOC(=O)CCCCCCCCCCSCCN.[Cl-].[NH3+]CCS. The van der Waals surface area contributed by atoms with E-state index in [0.29, 0.717) is 32.5 Å². The number of ether oxygens (including phenoxy) is 2. The molecule has 0 fully saturated rings. The van der Waals surface area contributed by atoms with Crippen molar-refractivity contribution in [1.29, 1.82) is 0 Å². The summed E-state index contributed by atoms with van der Waals surface area (Å²) in [6.07, 6.45) is 20.9. The van der Waals surface area contributed by atoms with Gasteiger partial charge in [0.05, 0.1) is 19.8 Å². The molecule has 0 aromatic rings. The smallest absolute Gasteiger partial charge is 0.305 e. The van der Waals surface area contributed by atoms with Crippen LogP contribution in [0.2, 0.25) is 0 Å². The summed E-state index contributed by atoms with van der Waals surface area (Å²) in [5, 5.41) is 0. The molecule has 0 spiro atoms. The van der Waals surface area contributed by atoms with E-state index in [1.165, 1.54) is 88.6 Å². The van der Waals surface area contributed by atoms with Crippen molar-refractivity contribution >= 4 is 48.1 Å². The van der Waals surface area contributed by atoms with Crippen LogP contribution in [0.15, 0.2) is 0 Å². The number of nitrogens with two attached hydrogens (primary N) is 2. The van der Waals surface area contributed by atoms with E-state index in [0.717, 1.165) is 62.6 Å². The van der Waals surface area contributed by atoms with Crippen molar-refractivity contribution in [3.8, 4) is 0 Å². The van der Waals surface area contributed by atoms with E-state index < -0.39 is 0 Å². The molecule has 0 bridgehead atoms. The summed E-state index contributed by atoms with van der Waals surface area (Å²) in [7, 11) is 0. The van der Waals surface area contributed by atoms with Crippen molar-refractivity contribution in [1.82, 2.24) is 0 Å². The van der Waals surface area contributed by atoms with E-state index in [1.807, 2.05) is 23.5 Å². The third-order valence-electron chi connectivity index (χ3n) is 6.34. The maximum Gasteiger partial charge on any atom is 0.305 e. The molecule has 0 heterocycles. The molecular formula is C31H66ClN3O4S3. The third-order valence-corrected chi connectivity index (χ3v) is 8.86. The van der Waals surface area contributed by atoms with Crippen LogP contribution in [-0.2, 0) is 19.1 Å². The normalized spacial score (nSPS) is 10.5. The molecule has 0 radical (unpaired) electrons. The number of thioether (sulfide) groups is 2. The molecule has 0 unspecified atom stereocenters. The average Bonchev–Trinajstić information content (AvgIpc) is 2.98. The Morgan fingerprint density at radius 2 is 0.857 bits per heavy atom. The van der Waals surface area contributed by atoms with Gasteiger partial charge in [-0.3, -0.25) is 9.59 Å². The lowest BCUT2D eigenvalue weighted by atomic mass is 10.1. The molecule has 42 heavy (non-hydrogen) atoms. The number of carbonyl (C=O) groups is 2. The second kappa shape index (κ2) is 43.3. The molecule has 7 nitrogen and oxygen atoms in total. The first-order valence-electron chi connectivity index (χ1n) is 16.4. The topological polar surface area (TPSA) is 132 Å². The van der Waals surface area contributed by atoms with E-state index in [1.54, 1.807) is 0 Å². The number of unbranched alkanes of at least 4 members (excludes halogenated alkanes) is 14. The first-order valence-corrected chi connectivity index (χ1v) is 19.3. The van der Waals surface area contributed by atoms with Crippen LogP contribution in [0.25, 0.3) is 0 Å². The van der Waals surface area contributed by atoms with Gasteiger partial charge in [0.2, 0.25) is 0 Å². The van der Waals surface area contributed by atoms with E-state index in [4.69, 9.17) is 20.9 Å². The largest absolute Gasteiger partial charge is 1.00 e. The predicted octanol–water partition coefficient (Wildman–Crippen LogP) is 3.03. The number of hydrogen-bond donors (Lipinski definition) is 4. The zero-order valence-corrected chi connectivity index (χ0v) is 29.9. The fourth-order valence-electron chi connectivity index (χ4n) is 4.01. The summed E-state index contributed by atoms with van der Waals surface area (Å²) in [6.45, 7) is 3.17. The summed E-state index contributed by atoms with van der Waals surface area (Å²) in [6, 6.07) is 0. The molecular weight excluding hydrogens is 610 g/mol. The Morgan fingerprint density at radius 1 is 0.548 bits per heavy atom. The Bertz CT molecular complexity index is 498. The lowest BCUT2D eigenvalue weighted by Crippen LogP contribution is -3.00. The predicted molar refractivity (Wildman–Crippen MR) is 184 cm³/mol. The number of carbonyl (C=O) groups excluding carboxylic acids is 2. The summed E-state index contributed by atoms with van der Waals surface area (Å²) >= 11 is 7.77. The van der Waals surface area contributed by atoms with Crippen molar-refractivity contribution in [3.63, 3.8) is 0 Å². The van der Waals surface area contributed by atoms with Crippen LogP contribution in [0.1, 0.15) is 122 Å². The van der Waals surface area contributed by atoms with Gasteiger partial charge in [-0.1, -0.05) is 77.0 Å². The quantitative estimate of drug-likeness (QED) is 0.0501. The second-order valence-corrected chi connectivity index (χ2v) is 13.2. The average molecular weight is 677 g/mol. The van der Waals surface area contributed by atoms with E-state index in [9.17, 15) is 9.59 Å². The maximum absolute atomic E-state index is 11.8. The van der Waals surface area contributed by atoms with Crippen LogP contribution in [0, 0.1) is 0 Å². The molecule has 0 saturated heterocycles. The van der Waals surface area contributed by atoms with Crippen molar-refractivity contribution in [2.75, 3.05) is 61.6 Å². The Balaban J connectivity index is -0.00000284. The summed E-state index contributed by atoms with van der Waals surface area (Å²) in [5.41, 5.74) is 14.5. The first kappa shape index (κ1) is 46.6. The zero-order valence-electron chi connectivity index (χ0n) is 26.6. The summed E-state index contributed by atoms with van der Waals surface area (Å²) in [5.74, 6) is 5.26. The van der Waals surface area contributed by atoms with Crippen LogP contribution >= 0.6 is 36.2 Å². The summed E-state index contributed by atoms with van der Waals surface area (Å²) < 4.78 is 10.5. The van der Waals surface area contributed by atoms with Gasteiger partial charge in [-0.25, -0.2) is 0 Å². The Hall–Kier alpha value is 0.160. The van der Waals surface area contributed by atoms with E-state index >= 15 is 0 Å². The van der Waals surface area contributed by atoms with Gasteiger partial charge in [-0.05, 0) is 37.2 Å². The highest BCUT2D eigenvalue weighted by Crippen LogP contribution is 2.13. The van der Waals surface area contributed by atoms with Crippen LogP contribution in [0.5, 0.6) is 0 Å². The lowest BCUT2D eigenvalue weighted by molar-refractivity contribution is -0.360. The molecule has 0 amide bonds. The third kappa shape index (κ3) is 44.6. The number of halogens is 1. The van der Waals surface area contributed by atoms with Gasteiger partial charge < -0.3 is 39.1 Å². The fourth-order valence-corrected chi connectivity index (χ4v) is 5.57. The van der Waals surface area contributed by atoms with Gasteiger partial charge >= 0.3 is 11.9 Å². The molecule has 11 heteroatoms. The monoisotopic (exact) mass is 675 g/mol. The van der Waals surface area contributed by atoms with Crippen LogP contribution < -0.4 is 29.6 Å². The minimum atomic E-state index is -0.133. The maximum atomic E-state index is 11.8. The second-order valence-electron chi connectivity index (χ2n) is 10.3. The minimum Gasteiger partial charge on any atom is -1.00 e. The van der Waals surface area contributed by atoms with Crippen molar-refractivity contribution < 1.29 is 37.2 Å². The molecule has 0 aliphatic heterocycles. The molecule has 0 saturated carbocycles. The molecule has 0 aromatic heterocycles. The Kier molecular flexibility index (Phi) is 48.0. The van der Waals surface area contributed by atoms with Gasteiger partial charge in [0, 0.05) is 49.6 Å². The number of thiol groups is 1. The highest BCUT2D eigenvalue weighted by atomic mass is 35.5. The molecule has 0 atom stereocenters. The number of esters is 2. The molecule has 0 aliphatic rings.